The van der Waals surface area contributed by atoms with Crippen LogP contribution in [-0.2, 0) is 4.74 Å². The zero-order valence-corrected chi connectivity index (χ0v) is 7.81. The lowest BCUT2D eigenvalue weighted by Gasteiger charge is -2.40. The van der Waals surface area contributed by atoms with Crippen molar-refractivity contribution >= 4 is 0 Å². The average Bonchev–Trinajstić information content (AvgIpc) is 2.05. The van der Waals surface area contributed by atoms with Crippen LogP contribution < -0.4 is 5.32 Å². The summed E-state index contributed by atoms with van der Waals surface area (Å²) in [5.41, 5.74) is 0.109. The highest BCUT2D eigenvalue weighted by molar-refractivity contribution is 4.87. The number of nitrogens with one attached hydrogen (secondary N) is 1. The van der Waals surface area contributed by atoms with Gasteiger partial charge in [-0.3, -0.25) is 0 Å². The molecular formula is C9H19NO. The maximum absolute atomic E-state index is 5.81. The van der Waals surface area contributed by atoms with E-state index in [1.807, 2.05) is 0 Å². The molecule has 1 N–H and O–H groups in total. The Morgan fingerprint density at radius 2 is 2.27 bits per heavy atom. The molecule has 1 atom stereocenters. The summed E-state index contributed by atoms with van der Waals surface area (Å²) in [6.45, 7) is 9.56. The Balaban J connectivity index is 2.57. The van der Waals surface area contributed by atoms with Crippen LogP contribution in [0.5, 0.6) is 0 Å². The van der Waals surface area contributed by atoms with E-state index in [2.05, 4.69) is 26.1 Å². The van der Waals surface area contributed by atoms with Gasteiger partial charge in [-0.05, 0) is 12.3 Å². The lowest BCUT2D eigenvalue weighted by atomic mass is 9.86. The molecular weight excluding hydrogens is 138 g/mol. The Bertz CT molecular complexity index is 117. The molecule has 0 radical (unpaired) electrons. The molecule has 1 saturated heterocycles. The Kier molecular flexibility index (Phi) is 2.90. The summed E-state index contributed by atoms with van der Waals surface area (Å²) in [5, 5.41) is 3.38. The molecule has 0 amide bonds. The van der Waals surface area contributed by atoms with Crippen LogP contribution in [0.2, 0.25) is 0 Å². The van der Waals surface area contributed by atoms with Crippen molar-refractivity contribution in [2.45, 2.75) is 32.8 Å². The van der Waals surface area contributed by atoms with Gasteiger partial charge in [-0.2, -0.15) is 0 Å². The zero-order valence-electron chi connectivity index (χ0n) is 7.81. The van der Waals surface area contributed by atoms with Crippen LogP contribution >= 0.6 is 0 Å². The van der Waals surface area contributed by atoms with Crippen molar-refractivity contribution in [2.24, 2.45) is 5.92 Å². The maximum Gasteiger partial charge on any atom is 0.0827 e. The second-order valence-corrected chi connectivity index (χ2v) is 3.60. The van der Waals surface area contributed by atoms with E-state index in [1.54, 1.807) is 0 Å². The second kappa shape index (κ2) is 3.55. The summed E-state index contributed by atoms with van der Waals surface area (Å²) in [7, 11) is 0. The Morgan fingerprint density at radius 3 is 2.55 bits per heavy atom. The van der Waals surface area contributed by atoms with E-state index in [4.69, 9.17) is 4.74 Å². The quantitative estimate of drug-likeness (QED) is 0.654. The first kappa shape index (κ1) is 9.01. The Labute approximate surface area is 69.3 Å². The molecule has 1 rings (SSSR count). The first-order valence-electron chi connectivity index (χ1n) is 4.56. The summed E-state index contributed by atoms with van der Waals surface area (Å²) in [6.07, 6.45) is 1.11. The van der Waals surface area contributed by atoms with Crippen molar-refractivity contribution in [3.63, 3.8) is 0 Å². The first-order chi connectivity index (χ1) is 5.21. The molecule has 2 heteroatoms. The van der Waals surface area contributed by atoms with Gasteiger partial charge in [-0.15, -0.1) is 0 Å². The number of morpholine rings is 1. The summed E-state index contributed by atoms with van der Waals surface area (Å²) in [5.74, 6) is 0.611. The van der Waals surface area contributed by atoms with Crippen molar-refractivity contribution in [1.29, 1.82) is 0 Å². The molecule has 2 nitrogen and oxygen atoms in total. The predicted molar refractivity (Wildman–Crippen MR) is 46.7 cm³/mol. The molecule has 0 aromatic carbocycles. The number of ether oxygens (including phenoxy) is 1. The molecule has 1 heterocycles. The van der Waals surface area contributed by atoms with Gasteiger partial charge >= 0.3 is 0 Å². The fourth-order valence-electron chi connectivity index (χ4n) is 1.68. The molecule has 11 heavy (non-hydrogen) atoms. The van der Waals surface area contributed by atoms with Gasteiger partial charge in [0.15, 0.2) is 0 Å². The minimum atomic E-state index is 0.109. The fraction of sp³-hybridized carbons (Fsp3) is 1.00. The molecule has 1 aliphatic rings. The molecule has 0 aromatic heterocycles. The summed E-state index contributed by atoms with van der Waals surface area (Å²) >= 11 is 0. The maximum atomic E-state index is 5.81. The van der Waals surface area contributed by atoms with Gasteiger partial charge in [0.05, 0.1) is 12.2 Å². The predicted octanol–water partition coefficient (Wildman–Crippen LogP) is 1.41. The van der Waals surface area contributed by atoms with Gasteiger partial charge in [0.25, 0.3) is 0 Å². The van der Waals surface area contributed by atoms with Gasteiger partial charge in [0.2, 0.25) is 0 Å². The summed E-state index contributed by atoms with van der Waals surface area (Å²) in [6, 6.07) is 0. The van der Waals surface area contributed by atoms with Crippen LogP contribution in [0.25, 0.3) is 0 Å². The Morgan fingerprint density at radius 1 is 1.55 bits per heavy atom. The topological polar surface area (TPSA) is 21.3 Å². The van der Waals surface area contributed by atoms with E-state index >= 15 is 0 Å². The lowest BCUT2D eigenvalue weighted by Crippen LogP contribution is -2.52. The third kappa shape index (κ3) is 1.74. The number of hydrogen-bond donors (Lipinski definition) is 1. The van der Waals surface area contributed by atoms with Crippen molar-refractivity contribution in [2.75, 3.05) is 19.7 Å². The van der Waals surface area contributed by atoms with Crippen LogP contribution in [0.1, 0.15) is 27.2 Å². The Hall–Kier alpha value is -0.0800. The van der Waals surface area contributed by atoms with E-state index in [-0.39, 0.29) is 5.60 Å². The average molecular weight is 157 g/mol. The minimum absolute atomic E-state index is 0.109. The van der Waals surface area contributed by atoms with Gasteiger partial charge in [-0.25, -0.2) is 0 Å². The van der Waals surface area contributed by atoms with Gasteiger partial charge < -0.3 is 10.1 Å². The smallest absolute Gasteiger partial charge is 0.0827 e. The third-order valence-electron chi connectivity index (χ3n) is 2.74. The largest absolute Gasteiger partial charge is 0.372 e. The van der Waals surface area contributed by atoms with E-state index in [0.717, 1.165) is 26.1 Å². The zero-order chi connectivity index (χ0) is 8.32. The van der Waals surface area contributed by atoms with E-state index in [1.165, 1.54) is 0 Å². The standard InChI is InChI=1S/C9H19NO/c1-4-9(8(2)3)7-10-5-6-11-9/h8,10H,4-7H2,1-3H3. The molecule has 1 fully saturated rings. The van der Waals surface area contributed by atoms with Crippen molar-refractivity contribution in [3.05, 3.63) is 0 Å². The summed E-state index contributed by atoms with van der Waals surface area (Å²) < 4.78 is 5.81. The van der Waals surface area contributed by atoms with Crippen LogP contribution in [0.15, 0.2) is 0 Å². The van der Waals surface area contributed by atoms with Crippen LogP contribution in [0.3, 0.4) is 0 Å². The highest BCUT2D eigenvalue weighted by atomic mass is 16.5. The number of hydrogen-bond acceptors (Lipinski definition) is 2. The normalized spacial score (nSPS) is 32.7. The van der Waals surface area contributed by atoms with Crippen molar-refractivity contribution < 1.29 is 4.74 Å². The molecule has 0 saturated carbocycles. The molecule has 0 spiro atoms. The van der Waals surface area contributed by atoms with E-state index < -0.39 is 0 Å². The summed E-state index contributed by atoms with van der Waals surface area (Å²) in [4.78, 5) is 0. The van der Waals surface area contributed by atoms with Crippen LogP contribution in [-0.4, -0.2) is 25.3 Å². The van der Waals surface area contributed by atoms with E-state index in [0.29, 0.717) is 5.92 Å². The minimum Gasteiger partial charge on any atom is -0.372 e. The van der Waals surface area contributed by atoms with Crippen molar-refractivity contribution in [1.82, 2.24) is 5.32 Å². The highest BCUT2D eigenvalue weighted by Crippen LogP contribution is 2.26. The van der Waals surface area contributed by atoms with Gasteiger partial charge in [0, 0.05) is 13.1 Å². The first-order valence-corrected chi connectivity index (χ1v) is 4.56. The highest BCUT2D eigenvalue weighted by Gasteiger charge is 2.34. The molecule has 0 aromatic rings. The van der Waals surface area contributed by atoms with Crippen LogP contribution in [0, 0.1) is 5.92 Å². The third-order valence-corrected chi connectivity index (χ3v) is 2.74. The molecule has 66 valence electrons. The lowest BCUT2D eigenvalue weighted by molar-refractivity contribution is -0.0981. The van der Waals surface area contributed by atoms with Gasteiger partial charge in [-0.1, -0.05) is 20.8 Å². The van der Waals surface area contributed by atoms with Crippen LogP contribution in [0.4, 0.5) is 0 Å². The monoisotopic (exact) mass is 157 g/mol. The SMILES string of the molecule is CCC1(C(C)C)CNCCO1. The molecule has 1 aliphatic heterocycles. The molecule has 0 aliphatic carbocycles. The fourth-order valence-corrected chi connectivity index (χ4v) is 1.68. The van der Waals surface area contributed by atoms with Crippen molar-refractivity contribution in [3.8, 4) is 0 Å². The second-order valence-electron chi connectivity index (χ2n) is 3.60. The van der Waals surface area contributed by atoms with E-state index in [9.17, 15) is 0 Å². The molecule has 0 bridgehead atoms. The van der Waals surface area contributed by atoms with Gasteiger partial charge in [0.1, 0.15) is 0 Å². The molecule has 1 unspecified atom stereocenters. The number of rotatable bonds is 2.